The SMILES string of the molecule is O=[N+]([O-])c1ccc(-c2ccc(/C=N\Nc3ccccn3)o2)c(Br)c1. The highest BCUT2D eigenvalue weighted by atomic mass is 79.9. The zero-order valence-corrected chi connectivity index (χ0v) is 13.8. The van der Waals surface area contributed by atoms with E-state index in [0.717, 1.165) is 5.56 Å². The Labute approximate surface area is 145 Å². The lowest BCUT2D eigenvalue weighted by molar-refractivity contribution is -0.384. The first-order chi connectivity index (χ1) is 11.6. The fourth-order valence-electron chi connectivity index (χ4n) is 1.98. The highest BCUT2D eigenvalue weighted by molar-refractivity contribution is 9.10. The van der Waals surface area contributed by atoms with Gasteiger partial charge in [0.25, 0.3) is 5.69 Å². The molecule has 0 saturated carbocycles. The third kappa shape index (κ3) is 3.66. The predicted octanol–water partition coefficient (Wildman–Crippen LogP) is 4.46. The molecule has 0 bridgehead atoms. The molecule has 3 aromatic rings. The van der Waals surface area contributed by atoms with E-state index >= 15 is 0 Å². The molecule has 0 atom stereocenters. The Bertz CT molecular complexity index is 893. The molecule has 0 radical (unpaired) electrons. The number of hydrazone groups is 1. The number of anilines is 1. The number of halogens is 1. The number of pyridine rings is 1. The van der Waals surface area contributed by atoms with Gasteiger partial charge in [-0.3, -0.25) is 15.5 Å². The van der Waals surface area contributed by atoms with Gasteiger partial charge >= 0.3 is 0 Å². The van der Waals surface area contributed by atoms with Crippen LogP contribution < -0.4 is 5.43 Å². The van der Waals surface area contributed by atoms with Crippen molar-refractivity contribution in [3.8, 4) is 11.3 Å². The summed E-state index contributed by atoms with van der Waals surface area (Å²) in [7, 11) is 0. The van der Waals surface area contributed by atoms with Crippen LogP contribution in [0.5, 0.6) is 0 Å². The minimum absolute atomic E-state index is 0.0125. The van der Waals surface area contributed by atoms with Gasteiger partial charge in [-0.15, -0.1) is 0 Å². The summed E-state index contributed by atoms with van der Waals surface area (Å²) in [5.41, 5.74) is 3.52. The van der Waals surface area contributed by atoms with Crippen molar-refractivity contribution in [2.75, 3.05) is 5.43 Å². The average molecular weight is 387 g/mol. The highest BCUT2D eigenvalue weighted by Gasteiger charge is 2.12. The zero-order chi connectivity index (χ0) is 16.9. The fraction of sp³-hybridized carbons (Fsp3) is 0. The van der Waals surface area contributed by atoms with E-state index in [1.807, 2.05) is 12.1 Å². The van der Waals surface area contributed by atoms with Crippen LogP contribution in [0, 0.1) is 10.1 Å². The largest absolute Gasteiger partial charge is 0.455 e. The number of non-ortho nitro benzene ring substituents is 1. The number of hydrogen-bond donors (Lipinski definition) is 1. The molecule has 7 nitrogen and oxygen atoms in total. The number of furan rings is 1. The van der Waals surface area contributed by atoms with Crippen molar-refractivity contribution in [3.63, 3.8) is 0 Å². The van der Waals surface area contributed by atoms with Crippen molar-refractivity contribution in [2.45, 2.75) is 0 Å². The van der Waals surface area contributed by atoms with Crippen molar-refractivity contribution in [2.24, 2.45) is 5.10 Å². The molecule has 24 heavy (non-hydrogen) atoms. The summed E-state index contributed by atoms with van der Waals surface area (Å²) >= 11 is 3.33. The topological polar surface area (TPSA) is 93.6 Å². The van der Waals surface area contributed by atoms with Gasteiger partial charge in [0, 0.05) is 28.4 Å². The third-order valence-corrected chi connectivity index (χ3v) is 3.75. The summed E-state index contributed by atoms with van der Waals surface area (Å²) in [4.78, 5) is 14.4. The van der Waals surface area contributed by atoms with Crippen LogP contribution in [0.15, 0.2) is 68.7 Å². The molecule has 0 amide bonds. The lowest BCUT2D eigenvalue weighted by atomic mass is 10.1. The minimum atomic E-state index is -0.446. The Morgan fingerprint density at radius 1 is 1.25 bits per heavy atom. The van der Waals surface area contributed by atoms with Crippen LogP contribution in [0.3, 0.4) is 0 Å². The lowest BCUT2D eigenvalue weighted by Crippen LogP contribution is -1.91. The molecular formula is C16H11BrN4O3. The number of nitrogens with one attached hydrogen (secondary N) is 1. The first-order valence-corrected chi connectivity index (χ1v) is 7.67. The van der Waals surface area contributed by atoms with E-state index in [2.05, 4.69) is 31.4 Å². The Morgan fingerprint density at radius 3 is 2.83 bits per heavy atom. The first kappa shape index (κ1) is 15.9. The molecule has 2 aromatic heterocycles. The van der Waals surface area contributed by atoms with E-state index < -0.39 is 4.92 Å². The van der Waals surface area contributed by atoms with Gasteiger partial charge in [-0.05, 0) is 46.3 Å². The van der Waals surface area contributed by atoms with Crippen LogP contribution in [-0.4, -0.2) is 16.1 Å². The Balaban J connectivity index is 1.75. The van der Waals surface area contributed by atoms with Crippen LogP contribution in [0.25, 0.3) is 11.3 Å². The molecule has 0 unspecified atom stereocenters. The maximum Gasteiger partial charge on any atom is 0.270 e. The number of nitro benzene ring substituents is 1. The van der Waals surface area contributed by atoms with E-state index in [9.17, 15) is 10.1 Å². The van der Waals surface area contributed by atoms with Gasteiger partial charge < -0.3 is 4.42 Å². The van der Waals surface area contributed by atoms with E-state index in [-0.39, 0.29) is 5.69 Å². The second-order valence-electron chi connectivity index (χ2n) is 4.71. The minimum Gasteiger partial charge on any atom is -0.455 e. The van der Waals surface area contributed by atoms with Crippen LogP contribution in [0.4, 0.5) is 11.5 Å². The number of nitrogens with zero attached hydrogens (tertiary/aromatic N) is 3. The molecule has 1 N–H and O–H groups in total. The number of benzene rings is 1. The average Bonchev–Trinajstić information content (AvgIpc) is 3.04. The van der Waals surface area contributed by atoms with Gasteiger partial charge in [-0.2, -0.15) is 5.10 Å². The Hall–Kier alpha value is -3.00. The smallest absolute Gasteiger partial charge is 0.270 e. The van der Waals surface area contributed by atoms with Crippen LogP contribution >= 0.6 is 15.9 Å². The second-order valence-corrected chi connectivity index (χ2v) is 5.56. The van der Waals surface area contributed by atoms with Crippen LogP contribution in [0.1, 0.15) is 5.76 Å². The van der Waals surface area contributed by atoms with Gasteiger partial charge in [0.2, 0.25) is 0 Å². The van der Waals surface area contributed by atoms with Crippen LogP contribution in [-0.2, 0) is 0 Å². The van der Waals surface area contributed by atoms with Gasteiger partial charge in [0.05, 0.1) is 11.1 Å². The van der Waals surface area contributed by atoms with Crippen molar-refractivity contribution in [3.05, 3.63) is 75.1 Å². The molecular weight excluding hydrogens is 376 g/mol. The quantitative estimate of drug-likeness (QED) is 0.396. The maximum atomic E-state index is 10.8. The van der Waals surface area contributed by atoms with Crippen LogP contribution in [0.2, 0.25) is 0 Å². The van der Waals surface area contributed by atoms with Gasteiger partial charge in [-0.1, -0.05) is 6.07 Å². The molecule has 8 heteroatoms. The van der Waals surface area contributed by atoms with Gasteiger partial charge in [0.15, 0.2) is 0 Å². The number of hydrogen-bond acceptors (Lipinski definition) is 6. The summed E-state index contributed by atoms with van der Waals surface area (Å²) in [6.07, 6.45) is 3.19. The van der Waals surface area contributed by atoms with E-state index in [4.69, 9.17) is 4.42 Å². The maximum absolute atomic E-state index is 10.8. The van der Waals surface area contributed by atoms with Crippen molar-refractivity contribution in [1.82, 2.24) is 4.98 Å². The summed E-state index contributed by atoms with van der Waals surface area (Å²) in [6, 6.07) is 13.5. The molecule has 1 aromatic carbocycles. The predicted molar refractivity (Wildman–Crippen MR) is 94.0 cm³/mol. The van der Waals surface area contributed by atoms with Gasteiger partial charge in [0.1, 0.15) is 17.3 Å². The number of nitro groups is 1. The van der Waals surface area contributed by atoms with E-state index in [1.165, 1.54) is 18.3 Å². The number of rotatable bonds is 5. The van der Waals surface area contributed by atoms with E-state index in [1.54, 1.807) is 30.5 Å². The van der Waals surface area contributed by atoms with Crippen molar-refractivity contribution >= 4 is 33.6 Å². The third-order valence-electron chi connectivity index (χ3n) is 3.09. The monoisotopic (exact) mass is 386 g/mol. The lowest BCUT2D eigenvalue weighted by Gasteiger charge is -2.00. The van der Waals surface area contributed by atoms with Crippen molar-refractivity contribution in [1.29, 1.82) is 0 Å². The Kier molecular flexibility index (Phi) is 4.66. The fourth-order valence-corrected chi connectivity index (χ4v) is 2.54. The summed E-state index contributed by atoms with van der Waals surface area (Å²) in [5, 5.41) is 14.8. The molecule has 2 heterocycles. The molecule has 0 spiro atoms. The molecule has 120 valence electrons. The standard InChI is InChI=1S/C16H11BrN4O3/c17-14-9-11(21(22)23)4-6-13(14)15-7-5-12(24-15)10-19-20-16-3-1-2-8-18-16/h1-10H,(H,18,20)/b19-10-. The first-order valence-electron chi connectivity index (χ1n) is 6.88. The van der Waals surface area contributed by atoms with E-state index in [0.29, 0.717) is 21.8 Å². The molecule has 0 saturated heterocycles. The number of aromatic nitrogens is 1. The zero-order valence-electron chi connectivity index (χ0n) is 12.2. The summed E-state index contributed by atoms with van der Waals surface area (Å²) in [6.45, 7) is 0. The molecule has 0 fully saturated rings. The molecule has 0 aliphatic carbocycles. The summed E-state index contributed by atoms with van der Waals surface area (Å²) < 4.78 is 6.26. The second kappa shape index (κ2) is 7.05. The highest BCUT2D eigenvalue weighted by Crippen LogP contribution is 2.32. The Morgan fingerprint density at radius 2 is 2.12 bits per heavy atom. The summed E-state index contributed by atoms with van der Waals surface area (Å²) in [5.74, 6) is 1.74. The van der Waals surface area contributed by atoms with Gasteiger partial charge in [-0.25, -0.2) is 4.98 Å². The molecule has 0 aliphatic heterocycles. The normalized spacial score (nSPS) is 10.9. The molecule has 3 rings (SSSR count). The van der Waals surface area contributed by atoms with Crippen molar-refractivity contribution < 1.29 is 9.34 Å². The molecule has 0 aliphatic rings.